The molecule has 0 spiro atoms. The molecule has 0 fully saturated rings. The number of carbonyl (C=O) groups is 1. The zero-order valence-electron chi connectivity index (χ0n) is 4.51. The van der Waals surface area contributed by atoms with Crippen molar-refractivity contribution in [2.75, 3.05) is 0 Å². The molecule has 0 saturated carbocycles. The average Bonchev–Trinajstić information content (AvgIpc) is 1.67. The zero-order valence-corrected chi connectivity index (χ0v) is 4.51. The fourth-order valence-electron chi connectivity index (χ4n) is 0.0617. The highest BCUT2D eigenvalue weighted by Crippen LogP contribution is 1.93. The number of hydrogen-bond acceptors (Lipinski definition) is 2. The summed E-state index contributed by atoms with van der Waals surface area (Å²) in [6.07, 6.45) is 4.75. The molecule has 0 aliphatic rings. The first kappa shape index (κ1) is 6.99. The number of terminal acetylenes is 1. The Hall–Kier alpha value is -1.01. The van der Waals surface area contributed by atoms with Crippen molar-refractivity contribution < 1.29 is 9.90 Å². The van der Waals surface area contributed by atoms with E-state index in [0.29, 0.717) is 0 Å². The molecule has 0 unspecified atom stereocenters. The average molecular weight is 113 g/mol. The van der Waals surface area contributed by atoms with Crippen molar-refractivity contribution in [3.63, 3.8) is 0 Å². The topological polar surface area (TPSA) is 63.3 Å². The van der Waals surface area contributed by atoms with Crippen LogP contribution in [0, 0.1) is 12.3 Å². The van der Waals surface area contributed by atoms with E-state index >= 15 is 0 Å². The van der Waals surface area contributed by atoms with Gasteiger partial charge in [0.1, 0.15) is 0 Å². The molecule has 0 bridgehead atoms. The summed E-state index contributed by atoms with van der Waals surface area (Å²) in [5, 5.41) is 8.17. The maximum atomic E-state index is 9.98. The molecule has 0 aromatic heterocycles. The van der Waals surface area contributed by atoms with Crippen molar-refractivity contribution in [2.24, 2.45) is 5.73 Å². The van der Waals surface area contributed by atoms with Crippen molar-refractivity contribution in [3.8, 4) is 12.3 Å². The molecular formula is C5H7NO2. The van der Waals surface area contributed by atoms with Gasteiger partial charge in [-0.15, -0.1) is 6.42 Å². The lowest BCUT2D eigenvalue weighted by Crippen LogP contribution is -2.42. The van der Waals surface area contributed by atoms with Crippen LogP contribution in [0.2, 0.25) is 0 Å². The van der Waals surface area contributed by atoms with Gasteiger partial charge in [0, 0.05) is 0 Å². The van der Waals surface area contributed by atoms with Crippen LogP contribution in [-0.4, -0.2) is 16.6 Å². The smallest absolute Gasteiger partial charge is 0.335 e. The molecule has 0 aromatic rings. The summed E-state index contributed by atoms with van der Waals surface area (Å²) in [4.78, 5) is 9.98. The first-order valence-electron chi connectivity index (χ1n) is 2.01. The van der Waals surface area contributed by atoms with E-state index in [0.717, 1.165) is 0 Å². The molecule has 0 radical (unpaired) electrons. The molecule has 0 rings (SSSR count). The third-order valence-corrected chi connectivity index (χ3v) is 0.744. The van der Waals surface area contributed by atoms with Gasteiger partial charge in [0.05, 0.1) is 0 Å². The molecule has 8 heavy (non-hydrogen) atoms. The van der Waals surface area contributed by atoms with Crippen LogP contribution >= 0.6 is 0 Å². The van der Waals surface area contributed by atoms with Gasteiger partial charge in [-0.1, -0.05) is 5.92 Å². The van der Waals surface area contributed by atoms with E-state index in [1.54, 1.807) is 0 Å². The van der Waals surface area contributed by atoms with E-state index in [4.69, 9.17) is 17.3 Å². The van der Waals surface area contributed by atoms with Crippen LogP contribution in [-0.2, 0) is 4.79 Å². The van der Waals surface area contributed by atoms with Crippen LogP contribution in [0.1, 0.15) is 6.92 Å². The second-order valence-electron chi connectivity index (χ2n) is 1.65. The lowest BCUT2D eigenvalue weighted by molar-refractivity contribution is -0.140. The lowest BCUT2D eigenvalue weighted by Gasteiger charge is -2.08. The Kier molecular flexibility index (Phi) is 1.61. The predicted octanol–water partition coefficient (Wildman–Crippen LogP) is -0.578. The first-order chi connectivity index (χ1) is 3.50. The van der Waals surface area contributed by atoms with Gasteiger partial charge in [0.2, 0.25) is 0 Å². The van der Waals surface area contributed by atoms with Crippen molar-refractivity contribution in [2.45, 2.75) is 12.5 Å². The fraction of sp³-hybridized carbons (Fsp3) is 0.400. The second-order valence-corrected chi connectivity index (χ2v) is 1.65. The van der Waals surface area contributed by atoms with Crippen molar-refractivity contribution in [1.82, 2.24) is 0 Å². The van der Waals surface area contributed by atoms with Crippen LogP contribution in [0.4, 0.5) is 0 Å². The number of carboxylic acids is 1. The molecule has 0 aliphatic heterocycles. The van der Waals surface area contributed by atoms with E-state index in [1.165, 1.54) is 6.92 Å². The largest absolute Gasteiger partial charge is 0.479 e. The normalized spacial score (nSPS) is 16.1. The summed E-state index contributed by atoms with van der Waals surface area (Å²) < 4.78 is 0. The molecule has 0 saturated heterocycles. The van der Waals surface area contributed by atoms with Crippen LogP contribution in [0.15, 0.2) is 0 Å². The van der Waals surface area contributed by atoms with E-state index in [1.807, 2.05) is 5.92 Å². The number of carboxylic acid groups (broad SMARTS) is 1. The van der Waals surface area contributed by atoms with Gasteiger partial charge in [-0.05, 0) is 6.92 Å². The van der Waals surface area contributed by atoms with Crippen molar-refractivity contribution in [1.29, 1.82) is 0 Å². The Balaban J connectivity index is 4.19. The summed E-state index contributed by atoms with van der Waals surface area (Å²) in [5.74, 6) is 0.738. The SMILES string of the molecule is C#C[C@@](C)(N)C(=O)O. The maximum Gasteiger partial charge on any atom is 0.335 e. The Bertz CT molecular complexity index is 143. The summed E-state index contributed by atoms with van der Waals surface area (Å²) >= 11 is 0. The molecule has 0 amide bonds. The molecule has 3 nitrogen and oxygen atoms in total. The van der Waals surface area contributed by atoms with Crippen molar-refractivity contribution in [3.05, 3.63) is 0 Å². The van der Waals surface area contributed by atoms with Gasteiger partial charge in [0.15, 0.2) is 5.54 Å². The standard InChI is InChI=1S/C5H7NO2/c1-3-5(2,6)4(7)8/h1H,6H2,2H3,(H,7,8)/t5-/m1/s1. The maximum absolute atomic E-state index is 9.98. The second kappa shape index (κ2) is 1.85. The highest BCUT2D eigenvalue weighted by Gasteiger charge is 2.23. The van der Waals surface area contributed by atoms with Gasteiger partial charge in [-0.25, -0.2) is 4.79 Å². The summed E-state index contributed by atoms with van der Waals surface area (Å²) in [6.45, 7) is 1.26. The Morgan fingerprint density at radius 2 is 2.38 bits per heavy atom. The highest BCUT2D eigenvalue weighted by atomic mass is 16.4. The zero-order chi connectivity index (χ0) is 6.78. The predicted molar refractivity (Wildman–Crippen MR) is 29.1 cm³/mol. The van der Waals surface area contributed by atoms with Crippen LogP contribution in [0.3, 0.4) is 0 Å². The van der Waals surface area contributed by atoms with E-state index in [9.17, 15) is 4.79 Å². The monoisotopic (exact) mass is 113 g/mol. The summed E-state index contributed by atoms with van der Waals surface area (Å²) in [7, 11) is 0. The molecule has 44 valence electrons. The third kappa shape index (κ3) is 1.24. The minimum atomic E-state index is -1.51. The quantitative estimate of drug-likeness (QED) is 0.447. The number of nitrogens with two attached hydrogens (primary N) is 1. The van der Waals surface area contributed by atoms with Gasteiger partial charge >= 0.3 is 5.97 Å². The van der Waals surface area contributed by atoms with E-state index in [2.05, 4.69) is 0 Å². The fourth-order valence-corrected chi connectivity index (χ4v) is 0.0617. The molecule has 3 N–H and O–H groups in total. The molecule has 0 heterocycles. The molecule has 0 aliphatic carbocycles. The minimum Gasteiger partial charge on any atom is -0.479 e. The van der Waals surface area contributed by atoms with Crippen LogP contribution in [0.5, 0.6) is 0 Å². The highest BCUT2D eigenvalue weighted by molar-refractivity contribution is 5.81. The van der Waals surface area contributed by atoms with E-state index < -0.39 is 11.5 Å². The van der Waals surface area contributed by atoms with Crippen LogP contribution in [0.25, 0.3) is 0 Å². The third-order valence-electron chi connectivity index (χ3n) is 0.744. The molecule has 0 aromatic carbocycles. The number of aliphatic carboxylic acids is 1. The molecule has 3 heteroatoms. The lowest BCUT2D eigenvalue weighted by atomic mass is 10.1. The summed E-state index contributed by atoms with van der Waals surface area (Å²) in [6, 6.07) is 0. The van der Waals surface area contributed by atoms with Gasteiger partial charge < -0.3 is 10.8 Å². The Morgan fingerprint density at radius 1 is 2.00 bits per heavy atom. The van der Waals surface area contributed by atoms with Crippen molar-refractivity contribution >= 4 is 5.97 Å². The van der Waals surface area contributed by atoms with Gasteiger partial charge in [0.25, 0.3) is 0 Å². The Morgan fingerprint density at radius 3 is 2.38 bits per heavy atom. The van der Waals surface area contributed by atoms with Gasteiger partial charge in [-0.3, -0.25) is 0 Å². The van der Waals surface area contributed by atoms with Crippen LogP contribution < -0.4 is 5.73 Å². The number of rotatable bonds is 1. The Labute approximate surface area is 47.5 Å². The summed E-state index contributed by atoms with van der Waals surface area (Å²) in [5.41, 5.74) is 3.51. The molecular weight excluding hydrogens is 106 g/mol. The molecule has 1 atom stereocenters. The number of hydrogen-bond donors (Lipinski definition) is 2. The first-order valence-corrected chi connectivity index (χ1v) is 2.01. The van der Waals surface area contributed by atoms with Gasteiger partial charge in [-0.2, -0.15) is 0 Å². The minimum absolute atomic E-state index is 1.18. The van der Waals surface area contributed by atoms with E-state index in [-0.39, 0.29) is 0 Å².